The summed E-state index contributed by atoms with van der Waals surface area (Å²) < 4.78 is 15.5. The number of H-pyrrole nitrogens is 1. The number of aryl methyl sites for hydroxylation is 3. The van der Waals surface area contributed by atoms with Gasteiger partial charge in [-0.1, -0.05) is 12.1 Å². The summed E-state index contributed by atoms with van der Waals surface area (Å²) in [4.78, 5) is 7.60. The number of nitrogens with zero attached hydrogens (tertiary/aromatic N) is 2. The highest BCUT2D eigenvalue weighted by atomic mass is 32.1. The Morgan fingerprint density at radius 3 is 2.80 bits per heavy atom. The number of pyridine rings is 1. The minimum atomic E-state index is -0.213. The first-order valence-electron chi connectivity index (χ1n) is 6.43. The summed E-state index contributed by atoms with van der Waals surface area (Å²) in [6.07, 6.45) is 2.62. The lowest BCUT2D eigenvalue weighted by Crippen LogP contribution is -2.02. The molecule has 0 unspecified atom stereocenters. The maximum atomic E-state index is 12.9. The molecule has 0 aliphatic heterocycles. The first-order valence-corrected chi connectivity index (χ1v) is 6.84. The molecule has 102 valence electrons. The van der Waals surface area contributed by atoms with Crippen molar-refractivity contribution in [2.75, 3.05) is 0 Å². The summed E-state index contributed by atoms with van der Waals surface area (Å²) in [7, 11) is 0. The van der Waals surface area contributed by atoms with Crippen molar-refractivity contribution in [2.24, 2.45) is 0 Å². The first-order chi connectivity index (χ1) is 9.63. The molecule has 0 aliphatic rings. The lowest BCUT2D eigenvalue weighted by atomic mass is 10.1. The molecule has 0 aliphatic carbocycles. The van der Waals surface area contributed by atoms with Crippen LogP contribution in [0.15, 0.2) is 36.5 Å². The quantitative estimate of drug-likeness (QED) is 0.744. The molecule has 5 heteroatoms. The zero-order valence-electron chi connectivity index (χ0n) is 11.1. The van der Waals surface area contributed by atoms with Gasteiger partial charge in [-0.2, -0.15) is 0 Å². The van der Waals surface area contributed by atoms with Crippen LogP contribution in [0.5, 0.6) is 0 Å². The van der Waals surface area contributed by atoms with Crippen molar-refractivity contribution in [3.05, 3.63) is 58.2 Å². The van der Waals surface area contributed by atoms with E-state index < -0.39 is 0 Å². The predicted octanol–water partition coefficient (Wildman–Crippen LogP) is 3.78. The molecule has 0 amide bonds. The Kier molecular flexibility index (Phi) is 3.36. The van der Waals surface area contributed by atoms with E-state index in [1.165, 1.54) is 12.1 Å². The van der Waals surface area contributed by atoms with Crippen molar-refractivity contribution in [1.29, 1.82) is 0 Å². The molecule has 0 saturated heterocycles. The average Bonchev–Trinajstić information content (AvgIpc) is 2.73. The molecule has 0 bridgehead atoms. The summed E-state index contributed by atoms with van der Waals surface area (Å²) in [5, 5.41) is 0. The van der Waals surface area contributed by atoms with Crippen LogP contribution in [0.3, 0.4) is 0 Å². The lowest BCUT2D eigenvalue weighted by Gasteiger charge is -2.04. The van der Waals surface area contributed by atoms with E-state index in [9.17, 15) is 4.39 Å². The van der Waals surface area contributed by atoms with Gasteiger partial charge >= 0.3 is 0 Å². The van der Waals surface area contributed by atoms with E-state index in [0.717, 1.165) is 35.3 Å². The number of rotatable bonds is 3. The average molecular weight is 287 g/mol. The fraction of sp³-hybridized carbons (Fsp3) is 0.200. The second-order valence-electron chi connectivity index (χ2n) is 4.84. The molecule has 3 nitrogen and oxygen atoms in total. The monoisotopic (exact) mass is 287 g/mol. The summed E-state index contributed by atoms with van der Waals surface area (Å²) in [6.45, 7) is 2.72. The Morgan fingerprint density at radius 1 is 1.30 bits per heavy atom. The van der Waals surface area contributed by atoms with E-state index in [1.54, 1.807) is 12.1 Å². The Hall–Kier alpha value is -2.01. The Morgan fingerprint density at radius 2 is 2.05 bits per heavy atom. The molecule has 0 radical (unpaired) electrons. The molecule has 2 heterocycles. The largest absolute Gasteiger partial charge is 0.329 e. The van der Waals surface area contributed by atoms with Gasteiger partial charge in [0.15, 0.2) is 10.4 Å². The number of nitrogens with one attached hydrogen (secondary N) is 1. The third-order valence-electron chi connectivity index (χ3n) is 3.28. The third-order valence-corrected chi connectivity index (χ3v) is 3.61. The van der Waals surface area contributed by atoms with Crippen LogP contribution in [0, 0.1) is 17.5 Å². The third kappa shape index (κ3) is 2.49. The minimum Gasteiger partial charge on any atom is -0.329 e. The SMILES string of the molecule is Cc1cnc2c(c1)[nH]c(=S)n2CCc1ccc(F)cc1. The fourth-order valence-corrected chi connectivity index (χ4v) is 2.54. The van der Waals surface area contributed by atoms with Gasteiger partial charge in [-0.15, -0.1) is 0 Å². The van der Waals surface area contributed by atoms with Crippen molar-refractivity contribution in [2.45, 2.75) is 19.9 Å². The number of imidazole rings is 1. The van der Waals surface area contributed by atoms with E-state index in [1.807, 2.05) is 23.8 Å². The molecule has 0 saturated carbocycles. The Labute approximate surface area is 121 Å². The lowest BCUT2D eigenvalue weighted by molar-refractivity contribution is 0.625. The van der Waals surface area contributed by atoms with Crippen LogP contribution < -0.4 is 0 Å². The second kappa shape index (κ2) is 5.17. The van der Waals surface area contributed by atoms with Crippen molar-refractivity contribution in [1.82, 2.24) is 14.5 Å². The van der Waals surface area contributed by atoms with Crippen molar-refractivity contribution in [3.8, 4) is 0 Å². The van der Waals surface area contributed by atoms with Gasteiger partial charge in [0, 0.05) is 12.7 Å². The van der Waals surface area contributed by atoms with Gasteiger partial charge in [0.05, 0.1) is 5.52 Å². The van der Waals surface area contributed by atoms with E-state index in [4.69, 9.17) is 12.2 Å². The van der Waals surface area contributed by atoms with E-state index in [0.29, 0.717) is 4.77 Å². The normalized spacial score (nSPS) is 11.1. The number of hydrogen-bond donors (Lipinski definition) is 1. The van der Waals surface area contributed by atoms with Crippen molar-refractivity contribution in [3.63, 3.8) is 0 Å². The Balaban J connectivity index is 1.89. The predicted molar refractivity (Wildman–Crippen MR) is 79.8 cm³/mol. The zero-order valence-corrected chi connectivity index (χ0v) is 11.9. The summed E-state index contributed by atoms with van der Waals surface area (Å²) in [5.74, 6) is -0.213. The number of aromatic amines is 1. The standard InChI is InChI=1S/C15H14FN3S/c1-10-8-13-14(17-9-10)19(15(20)18-13)7-6-11-2-4-12(16)5-3-11/h2-5,8-9H,6-7H2,1H3,(H,18,20). The number of fused-ring (bicyclic) bond motifs is 1. The molecule has 20 heavy (non-hydrogen) atoms. The molecule has 0 atom stereocenters. The second-order valence-corrected chi connectivity index (χ2v) is 5.23. The molecule has 2 aromatic heterocycles. The molecule has 1 aromatic carbocycles. The highest BCUT2D eigenvalue weighted by Crippen LogP contribution is 2.14. The van der Waals surface area contributed by atoms with Crippen LogP contribution in [0.2, 0.25) is 0 Å². The summed E-state index contributed by atoms with van der Waals surface area (Å²) in [6, 6.07) is 8.58. The number of aromatic nitrogens is 3. The molecule has 3 aromatic rings. The molecule has 1 N–H and O–H groups in total. The van der Waals surface area contributed by atoms with Crippen LogP contribution in [-0.2, 0) is 13.0 Å². The van der Waals surface area contributed by atoms with Gasteiger partial charge in [-0.3, -0.25) is 0 Å². The van der Waals surface area contributed by atoms with Crippen molar-refractivity contribution >= 4 is 23.4 Å². The highest BCUT2D eigenvalue weighted by Gasteiger charge is 2.06. The van der Waals surface area contributed by atoms with Gasteiger partial charge in [0.2, 0.25) is 0 Å². The molecular formula is C15H14FN3S. The molecule has 0 fully saturated rings. The molecule has 0 spiro atoms. The van der Waals surface area contributed by atoms with Gasteiger partial charge in [-0.25, -0.2) is 9.37 Å². The van der Waals surface area contributed by atoms with Gasteiger partial charge < -0.3 is 9.55 Å². The smallest absolute Gasteiger partial charge is 0.179 e. The number of halogens is 1. The Bertz CT molecular complexity index is 802. The topological polar surface area (TPSA) is 33.6 Å². The fourth-order valence-electron chi connectivity index (χ4n) is 2.25. The van der Waals surface area contributed by atoms with Crippen LogP contribution in [0.25, 0.3) is 11.2 Å². The number of hydrogen-bond acceptors (Lipinski definition) is 2. The van der Waals surface area contributed by atoms with Crippen molar-refractivity contribution < 1.29 is 4.39 Å². The summed E-state index contributed by atoms with van der Waals surface area (Å²) >= 11 is 5.34. The highest BCUT2D eigenvalue weighted by molar-refractivity contribution is 7.71. The number of benzene rings is 1. The first kappa shape index (κ1) is 13.0. The van der Waals surface area contributed by atoms with Crippen LogP contribution in [-0.4, -0.2) is 14.5 Å². The van der Waals surface area contributed by atoms with Crippen LogP contribution in [0.4, 0.5) is 4.39 Å². The van der Waals surface area contributed by atoms with Crippen LogP contribution in [0.1, 0.15) is 11.1 Å². The van der Waals surface area contributed by atoms with Crippen LogP contribution >= 0.6 is 12.2 Å². The zero-order chi connectivity index (χ0) is 14.1. The van der Waals surface area contributed by atoms with Gasteiger partial charge in [0.25, 0.3) is 0 Å². The molecular weight excluding hydrogens is 273 g/mol. The van der Waals surface area contributed by atoms with E-state index >= 15 is 0 Å². The summed E-state index contributed by atoms with van der Waals surface area (Å²) in [5.41, 5.74) is 3.99. The maximum Gasteiger partial charge on any atom is 0.179 e. The van der Waals surface area contributed by atoms with Gasteiger partial charge in [-0.05, 0) is 54.9 Å². The maximum absolute atomic E-state index is 12.9. The molecule has 3 rings (SSSR count). The minimum absolute atomic E-state index is 0.213. The van der Waals surface area contributed by atoms with E-state index in [-0.39, 0.29) is 5.82 Å². The van der Waals surface area contributed by atoms with Gasteiger partial charge in [0.1, 0.15) is 5.82 Å². The van der Waals surface area contributed by atoms with E-state index in [2.05, 4.69) is 9.97 Å².